The molecule has 2 amide bonds. The molecule has 3 fully saturated rings. The number of carbonyl (C=O) groups is 2. The number of carbonyl (C=O) groups excluding carboxylic acids is 2. The van der Waals surface area contributed by atoms with E-state index in [1.165, 1.54) is 17.0 Å². The van der Waals surface area contributed by atoms with Crippen molar-refractivity contribution in [1.29, 1.82) is 0 Å². The molecule has 3 heterocycles. The number of rotatable bonds is 1. The number of hydrogen-bond acceptors (Lipinski definition) is 4. The van der Waals surface area contributed by atoms with E-state index in [4.69, 9.17) is 4.74 Å². The van der Waals surface area contributed by atoms with E-state index in [1.54, 1.807) is 12.1 Å². The van der Waals surface area contributed by atoms with Gasteiger partial charge in [-0.2, -0.15) is 0 Å². The Morgan fingerprint density at radius 3 is 2.32 bits per heavy atom. The van der Waals surface area contributed by atoms with Gasteiger partial charge in [0, 0.05) is 6.07 Å². The predicted molar refractivity (Wildman–Crippen MR) is 65.5 cm³/mol. The normalized spacial score (nSPS) is 36.1. The highest BCUT2D eigenvalue weighted by Crippen LogP contribution is 2.49. The molecule has 3 aliphatic heterocycles. The van der Waals surface area contributed by atoms with E-state index < -0.39 is 0 Å². The molecule has 0 radical (unpaired) electrons. The van der Waals surface area contributed by atoms with Crippen LogP contribution in [-0.4, -0.2) is 29.1 Å². The zero-order valence-corrected chi connectivity index (χ0v) is 10.2. The Morgan fingerprint density at radius 1 is 1.11 bits per heavy atom. The quantitative estimate of drug-likeness (QED) is 0.766. The van der Waals surface area contributed by atoms with E-state index in [1.807, 2.05) is 0 Å². The maximum absolute atomic E-state index is 12.4. The zero-order chi connectivity index (χ0) is 13.1. The average molecular weight is 259 g/mol. The van der Waals surface area contributed by atoms with Crippen molar-refractivity contribution < 1.29 is 19.4 Å². The first kappa shape index (κ1) is 11.0. The number of imide groups is 1. The van der Waals surface area contributed by atoms with Gasteiger partial charge in [0.25, 0.3) is 0 Å². The van der Waals surface area contributed by atoms with Gasteiger partial charge in [-0.1, -0.05) is 6.07 Å². The van der Waals surface area contributed by atoms with Crippen molar-refractivity contribution in [2.24, 2.45) is 11.8 Å². The minimum absolute atomic E-state index is 0.0504. The molecule has 4 atom stereocenters. The van der Waals surface area contributed by atoms with Crippen LogP contribution in [0, 0.1) is 11.8 Å². The fourth-order valence-corrected chi connectivity index (χ4v) is 3.60. The number of fused-ring (bicyclic) bond motifs is 5. The number of anilines is 1. The van der Waals surface area contributed by atoms with Gasteiger partial charge in [-0.15, -0.1) is 0 Å². The molecule has 98 valence electrons. The summed E-state index contributed by atoms with van der Waals surface area (Å²) < 4.78 is 5.67. The molecule has 1 N–H and O–H groups in total. The smallest absolute Gasteiger partial charge is 0.240 e. The van der Waals surface area contributed by atoms with Gasteiger partial charge in [-0.3, -0.25) is 9.59 Å². The van der Waals surface area contributed by atoms with Gasteiger partial charge in [-0.05, 0) is 25.0 Å². The number of aromatic hydroxyl groups is 1. The van der Waals surface area contributed by atoms with E-state index in [0.717, 1.165) is 12.8 Å². The van der Waals surface area contributed by atoms with Crippen molar-refractivity contribution in [1.82, 2.24) is 0 Å². The SMILES string of the molecule is O=C1[C@@H]2[C@H](C(=O)N1c1cccc(O)c1)[C@@H]1CC[C@H]2O1. The van der Waals surface area contributed by atoms with Crippen molar-refractivity contribution in [3.63, 3.8) is 0 Å². The van der Waals surface area contributed by atoms with E-state index in [2.05, 4.69) is 0 Å². The Hall–Kier alpha value is -1.88. The Balaban J connectivity index is 1.75. The summed E-state index contributed by atoms with van der Waals surface area (Å²) in [5.41, 5.74) is 0.448. The van der Waals surface area contributed by atoms with Crippen LogP contribution in [0.2, 0.25) is 0 Å². The van der Waals surface area contributed by atoms with Crippen LogP contribution < -0.4 is 4.90 Å². The van der Waals surface area contributed by atoms with Crippen molar-refractivity contribution in [3.8, 4) is 5.75 Å². The minimum Gasteiger partial charge on any atom is -0.508 e. The van der Waals surface area contributed by atoms with Crippen LogP contribution in [0.15, 0.2) is 24.3 Å². The molecular weight excluding hydrogens is 246 g/mol. The van der Waals surface area contributed by atoms with E-state index in [9.17, 15) is 14.7 Å². The number of hydrogen-bond donors (Lipinski definition) is 1. The summed E-state index contributed by atoms with van der Waals surface area (Å²) in [6, 6.07) is 6.26. The Morgan fingerprint density at radius 2 is 1.74 bits per heavy atom. The lowest BCUT2D eigenvalue weighted by Crippen LogP contribution is -2.34. The Kier molecular flexibility index (Phi) is 2.07. The third-order valence-corrected chi connectivity index (χ3v) is 4.37. The standard InChI is InChI=1S/C14H13NO4/c16-8-3-1-2-7(6-8)15-13(17)11-9-4-5-10(19-9)12(11)14(15)18/h1-3,6,9-12,16H,4-5H2/t9-,10+,11+,12-. The summed E-state index contributed by atoms with van der Waals surface area (Å²) in [7, 11) is 0. The first-order valence-corrected chi connectivity index (χ1v) is 6.49. The maximum Gasteiger partial charge on any atom is 0.240 e. The second-order valence-electron chi connectivity index (χ2n) is 5.37. The summed E-state index contributed by atoms with van der Waals surface area (Å²) >= 11 is 0. The third kappa shape index (κ3) is 1.33. The lowest BCUT2D eigenvalue weighted by atomic mass is 9.81. The van der Waals surface area contributed by atoms with E-state index in [0.29, 0.717) is 5.69 Å². The fraction of sp³-hybridized carbons (Fsp3) is 0.429. The Bertz CT molecular complexity index is 557. The number of amides is 2. The number of nitrogens with zero attached hydrogens (tertiary/aromatic N) is 1. The molecule has 3 aliphatic rings. The molecule has 3 saturated heterocycles. The number of ether oxygens (including phenoxy) is 1. The van der Waals surface area contributed by atoms with E-state index in [-0.39, 0.29) is 41.6 Å². The summed E-state index contributed by atoms with van der Waals surface area (Å²) in [5, 5.41) is 9.49. The summed E-state index contributed by atoms with van der Waals surface area (Å²) in [6.45, 7) is 0. The van der Waals surface area contributed by atoms with Crippen molar-refractivity contribution in [3.05, 3.63) is 24.3 Å². The summed E-state index contributed by atoms with van der Waals surface area (Å²) in [6.07, 6.45) is 1.51. The highest BCUT2D eigenvalue weighted by atomic mass is 16.5. The third-order valence-electron chi connectivity index (χ3n) is 4.37. The highest BCUT2D eigenvalue weighted by Gasteiger charge is 2.62. The monoisotopic (exact) mass is 259 g/mol. The lowest BCUT2D eigenvalue weighted by Gasteiger charge is -2.17. The number of benzene rings is 1. The van der Waals surface area contributed by atoms with Crippen molar-refractivity contribution in [2.45, 2.75) is 25.0 Å². The average Bonchev–Trinajstić information content (AvgIpc) is 3.04. The molecule has 2 bridgehead atoms. The number of phenols is 1. The van der Waals surface area contributed by atoms with Gasteiger partial charge in [-0.25, -0.2) is 4.90 Å². The van der Waals surface area contributed by atoms with Crippen LogP contribution in [-0.2, 0) is 14.3 Å². The molecule has 0 unspecified atom stereocenters. The molecule has 0 aromatic heterocycles. The van der Waals surface area contributed by atoms with E-state index >= 15 is 0 Å². The second kappa shape index (κ2) is 3.57. The molecule has 0 spiro atoms. The molecule has 1 aromatic carbocycles. The van der Waals surface area contributed by atoms with Crippen LogP contribution in [0.5, 0.6) is 5.75 Å². The van der Waals surface area contributed by atoms with Gasteiger partial charge in [0.1, 0.15) is 5.75 Å². The van der Waals surface area contributed by atoms with Gasteiger partial charge in [0.05, 0.1) is 29.7 Å². The Labute approximate surface area is 109 Å². The van der Waals surface area contributed by atoms with Gasteiger partial charge in [0.15, 0.2) is 0 Å². The van der Waals surface area contributed by atoms with Crippen LogP contribution in [0.3, 0.4) is 0 Å². The molecular formula is C14H13NO4. The predicted octanol–water partition coefficient (Wildman–Crippen LogP) is 1.06. The van der Waals surface area contributed by atoms with Gasteiger partial charge < -0.3 is 9.84 Å². The molecule has 4 rings (SSSR count). The molecule has 5 nitrogen and oxygen atoms in total. The minimum atomic E-state index is -0.325. The molecule has 0 aliphatic carbocycles. The summed E-state index contributed by atoms with van der Waals surface area (Å²) in [4.78, 5) is 26.1. The lowest BCUT2D eigenvalue weighted by molar-refractivity contribution is -0.124. The first-order chi connectivity index (χ1) is 9.16. The molecule has 5 heteroatoms. The van der Waals surface area contributed by atoms with Gasteiger partial charge in [0.2, 0.25) is 11.8 Å². The molecule has 1 aromatic rings. The van der Waals surface area contributed by atoms with Crippen LogP contribution in [0.1, 0.15) is 12.8 Å². The zero-order valence-electron chi connectivity index (χ0n) is 10.2. The van der Waals surface area contributed by atoms with Crippen LogP contribution >= 0.6 is 0 Å². The maximum atomic E-state index is 12.4. The molecule has 19 heavy (non-hydrogen) atoms. The largest absolute Gasteiger partial charge is 0.508 e. The van der Waals surface area contributed by atoms with Crippen molar-refractivity contribution >= 4 is 17.5 Å². The van der Waals surface area contributed by atoms with Crippen LogP contribution in [0.4, 0.5) is 5.69 Å². The highest BCUT2D eigenvalue weighted by molar-refractivity contribution is 6.22. The summed E-state index contributed by atoms with van der Waals surface area (Å²) in [5.74, 6) is -0.975. The molecule has 0 saturated carbocycles. The van der Waals surface area contributed by atoms with Crippen LogP contribution in [0.25, 0.3) is 0 Å². The van der Waals surface area contributed by atoms with Gasteiger partial charge >= 0.3 is 0 Å². The second-order valence-corrected chi connectivity index (χ2v) is 5.37. The first-order valence-electron chi connectivity index (χ1n) is 6.49. The number of phenolic OH excluding ortho intramolecular Hbond substituents is 1. The topological polar surface area (TPSA) is 66.8 Å². The fourth-order valence-electron chi connectivity index (χ4n) is 3.60. The van der Waals surface area contributed by atoms with Crippen molar-refractivity contribution in [2.75, 3.05) is 4.90 Å².